The molecule has 0 bridgehead atoms. The predicted octanol–water partition coefficient (Wildman–Crippen LogP) is 3.00. The van der Waals surface area contributed by atoms with Gasteiger partial charge in [0, 0.05) is 13.1 Å². The van der Waals surface area contributed by atoms with Crippen molar-refractivity contribution in [1.29, 1.82) is 0 Å². The molecule has 252 valence electrons. The highest BCUT2D eigenvalue weighted by molar-refractivity contribution is 7.89. The number of rotatable bonds is 17. The standard InChI is InChI=1S/C33H40N4O9S/c1-23(2)20-37(47(44,45)27-15-13-25(14-16-27)19-34-43)21-30(38)28(17-24-9-5-3-6-10-24)35-32(41)29(18-31(39)40)36-33(42)46-22-26-11-7-4-8-12-26/h3-16,19,23,28-30,38,43H,17-18,20-22H2,1-2H3,(H,35,41)(H,36,42)(H,39,40)/b34-19+/t28-,29-,30+/m0/s1. The molecule has 5 N–H and O–H groups in total. The molecule has 47 heavy (non-hydrogen) atoms. The van der Waals surface area contributed by atoms with Crippen molar-refractivity contribution in [2.45, 2.75) is 56.4 Å². The highest BCUT2D eigenvalue weighted by atomic mass is 32.2. The molecule has 0 aliphatic heterocycles. The Labute approximate surface area is 273 Å². The molecule has 0 fully saturated rings. The van der Waals surface area contributed by atoms with Gasteiger partial charge >= 0.3 is 12.1 Å². The lowest BCUT2D eigenvalue weighted by molar-refractivity contribution is -0.140. The molecule has 0 heterocycles. The number of hydrogen-bond donors (Lipinski definition) is 5. The zero-order valence-corrected chi connectivity index (χ0v) is 26.9. The lowest BCUT2D eigenvalue weighted by Gasteiger charge is -2.31. The van der Waals surface area contributed by atoms with E-state index < -0.39 is 59.1 Å². The van der Waals surface area contributed by atoms with Crippen LogP contribution in [0, 0.1) is 5.92 Å². The number of alkyl carbamates (subject to hydrolysis) is 1. The first kappa shape index (κ1) is 36.7. The number of carboxylic acids is 1. The monoisotopic (exact) mass is 668 g/mol. The number of nitrogens with one attached hydrogen (secondary N) is 2. The number of aliphatic carboxylic acids is 1. The first-order chi connectivity index (χ1) is 22.4. The Bertz CT molecular complexity index is 1590. The predicted molar refractivity (Wildman–Crippen MR) is 173 cm³/mol. The second-order valence-electron chi connectivity index (χ2n) is 11.3. The van der Waals surface area contributed by atoms with Crippen molar-refractivity contribution in [3.63, 3.8) is 0 Å². The summed E-state index contributed by atoms with van der Waals surface area (Å²) >= 11 is 0. The van der Waals surface area contributed by atoms with Crippen LogP contribution in [0.1, 0.15) is 37.0 Å². The van der Waals surface area contributed by atoms with Crippen molar-refractivity contribution in [1.82, 2.24) is 14.9 Å². The van der Waals surface area contributed by atoms with Gasteiger partial charge in [0.2, 0.25) is 15.9 Å². The van der Waals surface area contributed by atoms with Gasteiger partial charge in [-0.05, 0) is 41.2 Å². The number of sulfonamides is 1. The normalized spacial score (nSPS) is 13.6. The first-order valence-electron chi connectivity index (χ1n) is 14.9. The van der Waals surface area contributed by atoms with Crippen molar-refractivity contribution < 1.29 is 43.0 Å². The van der Waals surface area contributed by atoms with Crippen molar-refractivity contribution in [3.8, 4) is 0 Å². The van der Waals surface area contributed by atoms with Gasteiger partial charge in [-0.2, -0.15) is 4.31 Å². The summed E-state index contributed by atoms with van der Waals surface area (Å²) < 4.78 is 33.7. The Morgan fingerprint density at radius 3 is 2.04 bits per heavy atom. The van der Waals surface area contributed by atoms with Crippen molar-refractivity contribution >= 4 is 34.2 Å². The third-order valence-electron chi connectivity index (χ3n) is 6.97. The largest absolute Gasteiger partial charge is 0.481 e. The fourth-order valence-corrected chi connectivity index (χ4v) is 6.30. The Kier molecular flexibility index (Phi) is 13.9. The van der Waals surface area contributed by atoms with E-state index in [1.54, 1.807) is 60.7 Å². The smallest absolute Gasteiger partial charge is 0.408 e. The van der Waals surface area contributed by atoms with Gasteiger partial charge in [0.05, 0.1) is 29.7 Å². The fraction of sp³-hybridized carbons (Fsp3) is 0.333. The molecule has 0 aliphatic carbocycles. The van der Waals surface area contributed by atoms with Gasteiger partial charge in [0.15, 0.2) is 0 Å². The van der Waals surface area contributed by atoms with Crippen LogP contribution in [0.25, 0.3) is 0 Å². The Morgan fingerprint density at radius 1 is 0.894 bits per heavy atom. The van der Waals surface area contributed by atoms with Gasteiger partial charge in [-0.15, -0.1) is 0 Å². The molecule has 3 aromatic carbocycles. The Balaban J connectivity index is 1.84. The molecule has 0 saturated heterocycles. The van der Waals surface area contributed by atoms with Crippen LogP contribution in [0.5, 0.6) is 0 Å². The number of ether oxygens (including phenoxy) is 1. The summed E-state index contributed by atoms with van der Waals surface area (Å²) in [4.78, 5) is 37.5. The van der Waals surface area contributed by atoms with Crippen LogP contribution in [-0.4, -0.2) is 83.6 Å². The van der Waals surface area contributed by atoms with Crippen LogP contribution in [0.3, 0.4) is 0 Å². The van der Waals surface area contributed by atoms with Crippen LogP contribution in [-0.2, 0) is 37.4 Å². The van der Waals surface area contributed by atoms with Gasteiger partial charge in [-0.25, -0.2) is 13.2 Å². The number of hydrogen-bond acceptors (Lipinski definition) is 9. The number of benzene rings is 3. The van der Waals surface area contributed by atoms with E-state index >= 15 is 0 Å². The summed E-state index contributed by atoms with van der Waals surface area (Å²) in [7, 11) is -4.13. The maximum absolute atomic E-state index is 13.7. The lowest BCUT2D eigenvalue weighted by atomic mass is 10.00. The highest BCUT2D eigenvalue weighted by Gasteiger charge is 2.33. The van der Waals surface area contributed by atoms with E-state index in [-0.39, 0.29) is 30.4 Å². The molecule has 3 atom stereocenters. The third kappa shape index (κ3) is 11.8. The summed E-state index contributed by atoms with van der Waals surface area (Å²) in [5.41, 5.74) is 1.87. The van der Waals surface area contributed by atoms with E-state index in [0.717, 1.165) is 10.5 Å². The third-order valence-corrected chi connectivity index (χ3v) is 8.82. The maximum Gasteiger partial charge on any atom is 0.408 e. The van der Waals surface area contributed by atoms with Crippen molar-refractivity contribution in [3.05, 3.63) is 102 Å². The van der Waals surface area contributed by atoms with Crippen LogP contribution in [0.4, 0.5) is 4.79 Å². The highest BCUT2D eigenvalue weighted by Crippen LogP contribution is 2.20. The molecule has 0 unspecified atom stereocenters. The SMILES string of the molecule is CC(C)CN(C[C@@H](O)[C@H](Cc1ccccc1)NC(=O)[C@H](CC(=O)O)NC(=O)OCc1ccccc1)S(=O)(=O)c1ccc(/C=N/O)cc1. The molecular weight excluding hydrogens is 628 g/mol. The molecule has 0 aromatic heterocycles. The molecule has 3 aromatic rings. The number of carbonyl (C=O) groups excluding carboxylic acids is 2. The summed E-state index contributed by atoms with van der Waals surface area (Å²) in [6.45, 7) is 3.16. The van der Waals surface area contributed by atoms with Gasteiger partial charge in [0.1, 0.15) is 12.6 Å². The van der Waals surface area contributed by atoms with Crippen molar-refractivity contribution in [2.24, 2.45) is 11.1 Å². The zero-order valence-electron chi connectivity index (χ0n) is 26.1. The average molecular weight is 669 g/mol. The number of oxime groups is 1. The summed E-state index contributed by atoms with van der Waals surface area (Å²) in [5.74, 6) is -2.39. The van der Waals surface area contributed by atoms with Crippen molar-refractivity contribution in [2.75, 3.05) is 13.1 Å². The molecule has 2 amide bonds. The minimum Gasteiger partial charge on any atom is -0.481 e. The van der Waals surface area contributed by atoms with E-state index in [1.807, 2.05) is 13.8 Å². The van der Waals surface area contributed by atoms with Crippen LogP contribution in [0.2, 0.25) is 0 Å². The molecule has 0 aliphatic rings. The number of aliphatic hydroxyl groups is 1. The van der Waals surface area contributed by atoms with Gasteiger partial charge in [0.25, 0.3) is 0 Å². The van der Waals surface area contributed by atoms with E-state index in [9.17, 15) is 33.0 Å². The summed E-state index contributed by atoms with van der Waals surface area (Å²) in [6.07, 6.45) is -2.02. The maximum atomic E-state index is 13.7. The first-order valence-corrected chi connectivity index (χ1v) is 16.3. The Morgan fingerprint density at radius 2 is 1.49 bits per heavy atom. The molecule has 3 rings (SSSR count). The van der Waals surface area contributed by atoms with Gasteiger partial charge in [-0.1, -0.05) is 91.8 Å². The average Bonchev–Trinajstić information content (AvgIpc) is 3.03. The minimum absolute atomic E-state index is 0.0433. The van der Waals surface area contributed by atoms with Crippen LogP contribution >= 0.6 is 0 Å². The van der Waals surface area contributed by atoms with E-state index in [1.165, 1.54) is 24.3 Å². The number of nitrogens with zero attached hydrogens (tertiary/aromatic N) is 2. The summed E-state index contributed by atoms with van der Waals surface area (Å²) in [5, 5.41) is 37.6. The van der Waals surface area contributed by atoms with E-state index in [0.29, 0.717) is 16.7 Å². The molecule has 14 heteroatoms. The minimum atomic E-state index is -4.13. The quantitative estimate of drug-likeness (QED) is 0.0816. The molecule has 0 saturated carbocycles. The Hall–Kier alpha value is -4.79. The van der Waals surface area contributed by atoms with E-state index in [2.05, 4.69) is 15.8 Å². The second kappa shape index (κ2) is 17.8. The number of aliphatic hydroxyl groups excluding tert-OH is 1. The molecule has 0 spiro atoms. The number of carboxylic acid groups (broad SMARTS) is 1. The topological polar surface area (TPSA) is 195 Å². The van der Waals surface area contributed by atoms with E-state index in [4.69, 9.17) is 9.94 Å². The zero-order chi connectivity index (χ0) is 34.4. The lowest BCUT2D eigenvalue weighted by Crippen LogP contribution is -2.56. The molecule has 0 radical (unpaired) electrons. The summed E-state index contributed by atoms with van der Waals surface area (Å²) in [6, 6.07) is 20.6. The molecular formula is C33H40N4O9S. The molecule has 13 nitrogen and oxygen atoms in total. The van der Waals surface area contributed by atoms with Gasteiger partial charge in [-0.3, -0.25) is 9.59 Å². The fourth-order valence-electron chi connectivity index (χ4n) is 4.68. The second-order valence-corrected chi connectivity index (χ2v) is 13.2. The van der Waals surface area contributed by atoms with Gasteiger partial charge < -0.3 is 30.8 Å². The number of amides is 2. The number of carbonyl (C=O) groups is 3. The van der Waals surface area contributed by atoms with Crippen LogP contribution < -0.4 is 10.6 Å². The van der Waals surface area contributed by atoms with Crippen LogP contribution in [0.15, 0.2) is 95.0 Å².